The molecule has 0 spiro atoms. The Labute approximate surface area is 182 Å². The van der Waals surface area contributed by atoms with Crippen LogP contribution in [0.4, 0.5) is 10.5 Å². The van der Waals surface area contributed by atoms with E-state index < -0.39 is 17.4 Å². The zero-order valence-corrected chi connectivity index (χ0v) is 18.0. The van der Waals surface area contributed by atoms with Crippen molar-refractivity contribution in [3.05, 3.63) is 65.7 Å². The van der Waals surface area contributed by atoms with Gasteiger partial charge in [-0.15, -0.1) is 0 Å². The van der Waals surface area contributed by atoms with Gasteiger partial charge in [0, 0.05) is 31.7 Å². The Morgan fingerprint density at radius 3 is 2.52 bits per heavy atom. The molecule has 2 aromatic carbocycles. The van der Waals surface area contributed by atoms with E-state index in [0.717, 1.165) is 16.8 Å². The van der Waals surface area contributed by atoms with Crippen LogP contribution in [0.25, 0.3) is 0 Å². The molecule has 1 saturated heterocycles. The number of benzene rings is 2. The zero-order valence-electron chi connectivity index (χ0n) is 18.0. The average Bonchev–Trinajstić information content (AvgIpc) is 3.11. The van der Waals surface area contributed by atoms with Crippen LogP contribution in [0, 0.1) is 5.92 Å². The molecule has 7 nitrogen and oxygen atoms in total. The van der Waals surface area contributed by atoms with Crippen molar-refractivity contribution in [2.45, 2.75) is 31.8 Å². The quantitative estimate of drug-likeness (QED) is 0.770. The zero-order chi connectivity index (χ0) is 22.2. The summed E-state index contributed by atoms with van der Waals surface area (Å²) in [4.78, 5) is 42.8. The number of carbonyl (C=O) groups excluding carboxylic acids is 3. The number of anilines is 1. The molecule has 3 atom stereocenters. The Morgan fingerprint density at radius 2 is 1.81 bits per heavy atom. The number of likely N-dealkylation sites (tertiary alicyclic amines) is 1. The second-order valence-electron chi connectivity index (χ2n) is 8.16. The minimum Gasteiger partial charge on any atom is -0.466 e. The van der Waals surface area contributed by atoms with Crippen LogP contribution in [0.2, 0.25) is 0 Å². The Balaban J connectivity index is 1.71. The number of hydrogen-bond acceptors (Lipinski definition) is 4. The van der Waals surface area contributed by atoms with Crippen LogP contribution in [0.3, 0.4) is 0 Å². The molecule has 4 rings (SSSR count). The molecule has 0 aliphatic carbocycles. The van der Waals surface area contributed by atoms with Crippen molar-refractivity contribution in [2.24, 2.45) is 5.92 Å². The van der Waals surface area contributed by atoms with Crippen LogP contribution < -0.4 is 10.2 Å². The average molecular weight is 421 g/mol. The maximum absolute atomic E-state index is 13.6. The van der Waals surface area contributed by atoms with Gasteiger partial charge in [0.1, 0.15) is 5.54 Å². The number of fused-ring (bicyclic) bond motifs is 3. The van der Waals surface area contributed by atoms with E-state index in [-0.39, 0.29) is 31.1 Å². The molecule has 0 aromatic heterocycles. The largest absolute Gasteiger partial charge is 0.466 e. The van der Waals surface area contributed by atoms with Gasteiger partial charge in [0.25, 0.3) is 5.91 Å². The lowest BCUT2D eigenvalue weighted by molar-refractivity contribution is -0.148. The summed E-state index contributed by atoms with van der Waals surface area (Å²) in [6, 6.07) is 16.8. The molecular formula is C24H27N3O4. The molecule has 3 amide bonds. The van der Waals surface area contributed by atoms with E-state index >= 15 is 0 Å². The molecule has 2 heterocycles. The molecule has 1 fully saturated rings. The topological polar surface area (TPSA) is 79.0 Å². The summed E-state index contributed by atoms with van der Waals surface area (Å²) < 4.78 is 5.33. The van der Waals surface area contributed by atoms with E-state index in [4.69, 9.17) is 4.74 Å². The van der Waals surface area contributed by atoms with Gasteiger partial charge in [-0.3, -0.25) is 9.59 Å². The lowest BCUT2D eigenvalue weighted by atomic mass is 9.72. The highest BCUT2D eigenvalue weighted by atomic mass is 16.5. The van der Waals surface area contributed by atoms with Gasteiger partial charge in [0.15, 0.2) is 0 Å². The fraction of sp³-hybridized carbons (Fsp3) is 0.375. The smallest absolute Gasteiger partial charge is 0.318 e. The predicted octanol–water partition coefficient (Wildman–Crippen LogP) is 2.91. The SMILES string of the molecule is CCOC(=O)[C@H]1CN(C(=O)NCc2ccccc2)[C@]2(C)C(=O)N(C)c3ccccc3[C@H]12. The van der Waals surface area contributed by atoms with Crippen LogP contribution >= 0.6 is 0 Å². The van der Waals surface area contributed by atoms with Gasteiger partial charge in [0.2, 0.25) is 0 Å². The number of amides is 3. The molecule has 2 aromatic rings. The highest BCUT2D eigenvalue weighted by Crippen LogP contribution is 2.52. The minimum absolute atomic E-state index is 0.120. The van der Waals surface area contributed by atoms with Crippen molar-refractivity contribution in [3.8, 4) is 0 Å². The van der Waals surface area contributed by atoms with Crippen LogP contribution in [-0.4, -0.2) is 48.5 Å². The van der Waals surface area contributed by atoms with Gasteiger partial charge in [0.05, 0.1) is 12.5 Å². The molecule has 2 aliphatic rings. The number of esters is 1. The second-order valence-corrected chi connectivity index (χ2v) is 8.16. The predicted molar refractivity (Wildman–Crippen MR) is 117 cm³/mol. The highest BCUT2D eigenvalue weighted by molar-refractivity contribution is 6.07. The summed E-state index contributed by atoms with van der Waals surface area (Å²) in [5, 5.41) is 2.91. The first-order valence-corrected chi connectivity index (χ1v) is 10.5. The first-order valence-electron chi connectivity index (χ1n) is 10.5. The van der Waals surface area contributed by atoms with Gasteiger partial charge in [-0.1, -0.05) is 48.5 Å². The molecule has 0 bridgehead atoms. The Kier molecular flexibility index (Phi) is 5.43. The Morgan fingerprint density at radius 1 is 1.13 bits per heavy atom. The van der Waals surface area contributed by atoms with Gasteiger partial charge in [-0.25, -0.2) is 4.79 Å². The van der Waals surface area contributed by atoms with Crippen molar-refractivity contribution in [1.82, 2.24) is 10.2 Å². The summed E-state index contributed by atoms with van der Waals surface area (Å²) in [6.45, 7) is 4.21. The number of para-hydroxylation sites is 1. The van der Waals surface area contributed by atoms with Crippen LogP contribution in [0.15, 0.2) is 54.6 Å². The molecule has 0 saturated carbocycles. The molecule has 2 aliphatic heterocycles. The number of nitrogens with zero attached hydrogens (tertiary/aromatic N) is 2. The normalized spacial score (nSPS) is 24.4. The third kappa shape index (κ3) is 3.34. The Hall–Kier alpha value is -3.35. The highest BCUT2D eigenvalue weighted by Gasteiger charge is 2.63. The number of carbonyl (C=O) groups is 3. The first-order chi connectivity index (χ1) is 14.9. The summed E-state index contributed by atoms with van der Waals surface area (Å²) in [5.41, 5.74) is 1.40. The summed E-state index contributed by atoms with van der Waals surface area (Å²) in [6.07, 6.45) is 0. The summed E-state index contributed by atoms with van der Waals surface area (Å²) in [5.74, 6) is -1.69. The number of hydrogen-bond donors (Lipinski definition) is 1. The lowest BCUT2D eigenvalue weighted by Crippen LogP contribution is -2.62. The van der Waals surface area contributed by atoms with Gasteiger partial charge in [-0.2, -0.15) is 0 Å². The van der Waals surface area contributed by atoms with Crippen LogP contribution in [-0.2, 0) is 20.9 Å². The lowest BCUT2D eigenvalue weighted by Gasteiger charge is -2.45. The number of nitrogens with one attached hydrogen (secondary N) is 1. The van der Waals surface area contributed by atoms with E-state index in [2.05, 4.69) is 5.32 Å². The van der Waals surface area contributed by atoms with E-state index in [1.807, 2.05) is 54.6 Å². The number of likely N-dealkylation sites (N-methyl/N-ethyl adjacent to an activating group) is 1. The summed E-state index contributed by atoms with van der Waals surface area (Å²) in [7, 11) is 1.71. The minimum atomic E-state index is -1.19. The summed E-state index contributed by atoms with van der Waals surface area (Å²) >= 11 is 0. The molecule has 7 heteroatoms. The molecule has 0 radical (unpaired) electrons. The number of urea groups is 1. The first kappa shape index (κ1) is 20.9. The van der Waals surface area contributed by atoms with Crippen LogP contribution in [0.5, 0.6) is 0 Å². The maximum Gasteiger partial charge on any atom is 0.318 e. The van der Waals surface area contributed by atoms with E-state index in [1.165, 1.54) is 4.90 Å². The van der Waals surface area contributed by atoms with Crippen LogP contribution in [0.1, 0.15) is 30.9 Å². The molecule has 162 valence electrons. The van der Waals surface area contributed by atoms with Crippen molar-refractivity contribution in [1.29, 1.82) is 0 Å². The monoisotopic (exact) mass is 421 g/mol. The van der Waals surface area contributed by atoms with Crippen molar-refractivity contribution >= 4 is 23.6 Å². The van der Waals surface area contributed by atoms with Crippen molar-refractivity contribution in [2.75, 3.05) is 25.1 Å². The van der Waals surface area contributed by atoms with Crippen molar-refractivity contribution < 1.29 is 19.1 Å². The fourth-order valence-electron chi connectivity index (χ4n) is 4.95. The third-order valence-corrected chi connectivity index (χ3v) is 6.44. The molecule has 1 N–H and O–H groups in total. The number of ether oxygens (including phenoxy) is 1. The number of rotatable bonds is 4. The van der Waals surface area contributed by atoms with Crippen molar-refractivity contribution in [3.63, 3.8) is 0 Å². The van der Waals surface area contributed by atoms with E-state index in [0.29, 0.717) is 6.54 Å². The Bertz CT molecular complexity index is 1010. The molecular weight excluding hydrogens is 394 g/mol. The molecule has 31 heavy (non-hydrogen) atoms. The maximum atomic E-state index is 13.6. The van der Waals surface area contributed by atoms with Gasteiger partial charge < -0.3 is 19.9 Å². The van der Waals surface area contributed by atoms with E-state index in [9.17, 15) is 14.4 Å². The fourth-order valence-corrected chi connectivity index (χ4v) is 4.95. The third-order valence-electron chi connectivity index (χ3n) is 6.44. The molecule has 0 unspecified atom stereocenters. The van der Waals surface area contributed by atoms with E-state index in [1.54, 1.807) is 25.8 Å². The second kappa shape index (κ2) is 8.06. The van der Waals surface area contributed by atoms with Gasteiger partial charge in [-0.05, 0) is 31.0 Å². The standard InChI is InChI=1S/C24H27N3O4/c1-4-31-21(28)18-15-27(23(30)25-14-16-10-6-5-7-11-16)24(2)20(18)17-12-8-9-13-19(17)26(3)22(24)29/h5-13,18,20H,4,14-15H2,1-3H3,(H,25,30)/t18-,20+,24-/m0/s1. The van der Waals surface area contributed by atoms with Gasteiger partial charge >= 0.3 is 12.0 Å².